The molecule has 2 N–H and O–H groups in total. The van der Waals surface area contributed by atoms with E-state index in [1.165, 1.54) is 25.8 Å². The quantitative estimate of drug-likeness (QED) is 0.816. The third kappa shape index (κ3) is 3.13. The van der Waals surface area contributed by atoms with Crippen molar-refractivity contribution < 1.29 is 4.74 Å². The summed E-state index contributed by atoms with van der Waals surface area (Å²) in [5.41, 5.74) is 7.69. The van der Waals surface area contributed by atoms with Gasteiger partial charge in [0.15, 0.2) is 0 Å². The predicted octanol–water partition coefficient (Wildman–Crippen LogP) is 2.44. The van der Waals surface area contributed by atoms with E-state index in [0.717, 1.165) is 23.6 Å². The fourth-order valence-corrected chi connectivity index (χ4v) is 2.29. The van der Waals surface area contributed by atoms with E-state index < -0.39 is 0 Å². The highest BCUT2D eigenvalue weighted by molar-refractivity contribution is 5.49. The number of nitrogens with zero attached hydrogens (tertiary/aromatic N) is 1. The Morgan fingerprint density at radius 2 is 2.24 bits per heavy atom. The SMILES string of the molecule is Cc1cc(OCC2CCCCN2C)ccc1N. The first kappa shape index (κ1) is 12.2. The summed E-state index contributed by atoms with van der Waals surface area (Å²) >= 11 is 0. The minimum Gasteiger partial charge on any atom is -0.492 e. The molecular formula is C14H22N2O. The van der Waals surface area contributed by atoms with E-state index in [9.17, 15) is 0 Å². The molecule has 0 bridgehead atoms. The van der Waals surface area contributed by atoms with Crippen LogP contribution >= 0.6 is 0 Å². The van der Waals surface area contributed by atoms with Crippen molar-refractivity contribution in [3.8, 4) is 5.75 Å². The molecule has 94 valence electrons. The molecule has 1 aliphatic heterocycles. The number of anilines is 1. The molecule has 3 nitrogen and oxygen atoms in total. The summed E-state index contributed by atoms with van der Waals surface area (Å²) in [5, 5.41) is 0. The largest absolute Gasteiger partial charge is 0.492 e. The van der Waals surface area contributed by atoms with E-state index in [0.29, 0.717) is 6.04 Å². The van der Waals surface area contributed by atoms with Gasteiger partial charge in [-0.1, -0.05) is 6.42 Å². The number of nitrogen functional groups attached to an aromatic ring is 1. The van der Waals surface area contributed by atoms with Crippen LogP contribution in [-0.4, -0.2) is 31.1 Å². The second-order valence-electron chi connectivity index (χ2n) is 4.96. The molecule has 0 spiro atoms. The van der Waals surface area contributed by atoms with Gasteiger partial charge < -0.3 is 15.4 Å². The summed E-state index contributed by atoms with van der Waals surface area (Å²) in [5.74, 6) is 0.927. The average Bonchev–Trinajstić information content (AvgIpc) is 2.32. The molecular weight excluding hydrogens is 212 g/mol. The number of aryl methyl sites for hydroxylation is 1. The molecule has 1 saturated heterocycles. The van der Waals surface area contributed by atoms with Crippen molar-refractivity contribution >= 4 is 5.69 Å². The Morgan fingerprint density at radius 1 is 1.41 bits per heavy atom. The van der Waals surface area contributed by atoms with Crippen LogP contribution in [0.3, 0.4) is 0 Å². The van der Waals surface area contributed by atoms with Crippen molar-refractivity contribution in [3.63, 3.8) is 0 Å². The first-order valence-electron chi connectivity index (χ1n) is 6.36. The lowest BCUT2D eigenvalue weighted by atomic mass is 10.0. The summed E-state index contributed by atoms with van der Waals surface area (Å²) in [7, 11) is 2.18. The van der Waals surface area contributed by atoms with Gasteiger partial charge in [0, 0.05) is 11.7 Å². The summed E-state index contributed by atoms with van der Waals surface area (Å²) in [6.45, 7) is 3.98. The van der Waals surface area contributed by atoms with Crippen LogP contribution in [0.2, 0.25) is 0 Å². The first-order chi connectivity index (χ1) is 8.16. The van der Waals surface area contributed by atoms with Gasteiger partial charge in [-0.05, 0) is 57.1 Å². The maximum absolute atomic E-state index is 5.85. The normalized spacial score (nSPS) is 21.4. The molecule has 1 aromatic carbocycles. The van der Waals surface area contributed by atoms with Crippen LogP contribution in [-0.2, 0) is 0 Å². The molecule has 1 atom stereocenters. The molecule has 0 radical (unpaired) electrons. The number of hydrogen-bond donors (Lipinski definition) is 1. The molecule has 1 aliphatic rings. The fourth-order valence-electron chi connectivity index (χ4n) is 2.29. The van der Waals surface area contributed by atoms with Gasteiger partial charge in [-0.15, -0.1) is 0 Å². The van der Waals surface area contributed by atoms with Gasteiger partial charge in [0.25, 0.3) is 0 Å². The first-order valence-corrected chi connectivity index (χ1v) is 6.36. The molecule has 3 heteroatoms. The molecule has 17 heavy (non-hydrogen) atoms. The Hall–Kier alpha value is -1.22. The topological polar surface area (TPSA) is 38.5 Å². The third-order valence-electron chi connectivity index (χ3n) is 3.61. The maximum Gasteiger partial charge on any atom is 0.119 e. The highest BCUT2D eigenvalue weighted by atomic mass is 16.5. The molecule has 0 aromatic heterocycles. The summed E-state index contributed by atoms with van der Waals surface area (Å²) in [4.78, 5) is 2.40. The van der Waals surface area contributed by atoms with Crippen LogP contribution < -0.4 is 10.5 Å². The second-order valence-corrected chi connectivity index (χ2v) is 4.96. The number of rotatable bonds is 3. The number of likely N-dealkylation sites (N-methyl/N-ethyl adjacent to an activating group) is 1. The third-order valence-corrected chi connectivity index (χ3v) is 3.61. The van der Waals surface area contributed by atoms with Gasteiger partial charge in [0.1, 0.15) is 12.4 Å². The van der Waals surface area contributed by atoms with Crippen molar-refractivity contribution in [1.29, 1.82) is 0 Å². The highest BCUT2D eigenvalue weighted by Gasteiger charge is 2.19. The number of nitrogens with two attached hydrogens (primary N) is 1. The molecule has 2 rings (SSSR count). The monoisotopic (exact) mass is 234 g/mol. The van der Waals surface area contributed by atoms with Crippen LogP contribution in [0.15, 0.2) is 18.2 Å². The minimum absolute atomic E-state index is 0.557. The Morgan fingerprint density at radius 3 is 2.94 bits per heavy atom. The Labute approximate surface area is 104 Å². The van der Waals surface area contributed by atoms with Crippen molar-refractivity contribution in [1.82, 2.24) is 4.90 Å². The van der Waals surface area contributed by atoms with Gasteiger partial charge >= 0.3 is 0 Å². The van der Waals surface area contributed by atoms with E-state index in [1.807, 2.05) is 25.1 Å². The molecule has 1 unspecified atom stereocenters. The second kappa shape index (κ2) is 5.41. The van der Waals surface area contributed by atoms with Crippen LogP contribution in [0.25, 0.3) is 0 Å². The van der Waals surface area contributed by atoms with Gasteiger partial charge in [-0.3, -0.25) is 0 Å². The zero-order chi connectivity index (χ0) is 12.3. The standard InChI is InChI=1S/C14H22N2O/c1-11-9-13(6-7-14(11)15)17-10-12-5-3-4-8-16(12)2/h6-7,9,12H,3-5,8,10,15H2,1-2H3. The maximum atomic E-state index is 5.85. The van der Waals surface area contributed by atoms with Crippen LogP contribution in [0.1, 0.15) is 24.8 Å². The van der Waals surface area contributed by atoms with E-state index in [2.05, 4.69) is 11.9 Å². The van der Waals surface area contributed by atoms with Crippen LogP contribution in [0.4, 0.5) is 5.69 Å². The molecule has 0 saturated carbocycles. The van der Waals surface area contributed by atoms with Gasteiger partial charge in [-0.25, -0.2) is 0 Å². The molecule has 1 heterocycles. The zero-order valence-corrected chi connectivity index (χ0v) is 10.8. The Balaban J connectivity index is 1.90. The summed E-state index contributed by atoms with van der Waals surface area (Å²) in [6, 6.07) is 6.43. The molecule has 1 fully saturated rings. The molecule has 1 aromatic rings. The number of benzene rings is 1. The zero-order valence-electron chi connectivity index (χ0n) is 10.8. The number of ether oxygens (including phenoxy) is 1. The van der Waals surface area contributed by atoms with E-state index in [-0.39, 0.29) is 0 Å². The van der Waals surface area contributed by atoms with Gasteiger partial charge in [0.2, 0.25) is 0 Å². The highest BCUT2D eigenvalue weighted by Crippen LogP contribution is 2.20. The van der Waals surface area contributed by atoms with Crippen molar-refractivity contribution in [3.05, 3.63) is 23.8 Å². The van der Waals surface area contributed by atoms with E-state index in [4.69, 9.17) is 10.5 Å². The van der Waals surface area contributed by atoms with Crippen molar-refractivity contribution in [2.45, 2.75) is 32.2 Å². The van der Waals surface area contributed by atoms with E-state index in [1.54, 1.807) is 0 Å². The molecule has 0 amide bonds. The van der Waals surface area contributed by atoms with Gasteiger partial charge in [0.05, 0.1) is 0 Å². The minimum atomic E-state index is 0.557. The van der Waals surface area contributed by atoms with Crippen molar-refractivity contribution in [2.24, 2.45) is 0 Å². The lowest BCUT2D eigenvalue weighted by molar-refractivity contribution is 0.125. The van der Waals surface area contributed by atoms with Crippen LogP contribution in [0.5, 0.6) is 5.75 Å². The molecule has 0 aliphatic carbocycles. The summed E-state index contributed by atoms with van der Waals surface area (Å²) < 4.78 is 5.85. The van der Waals surface area contributed by atoms with Gasteiger partial charge in [-0.2, -0.15) is 0 Å². The summed E-state index contributed by atoms with van der Waals surface area (Å²) in [6.07, 6.45) is 3.87. The fraction of sp³-hybridized carbons (Fsp3) is 0.571. The average molecular weight is 234 g/mol. The number of hydrogen-bond acceptors (Lipinski definition) is 3. The van der Waals surface area contributed by atoms with E-state index >= 15 is 0 Å². The van der Waals surface area contributed by atoms with Crippen LogP contribution in [0, 0.1) is 6.92 Å². The lowest BCUT2D eigenvalue weighted by Crippen LogP contribution is -2.40. The Kier molecular flexibility index (Phi) is 3.89. The smallest absolute Gasteiger partial charge is 0.119 e. The number of likely N-dealkylation sites (tertiary alicyclic amines) is 1. The predicted molar refractivity (Wildman–Crippen MR) is 71.4 cm³/mol. The number of piperidine rings is 1. The Bertz CT molecular complexity index is 378. The van der Waals surface area contributed by atoms with Crippen molar-refractivity contribution in [2.75, 3.05) is 25.9 Å². The lowest BCUT2D eigenvalue weighted by Gasteiger charge is -2.32.